The fourth-order valence-corrected chi connectivity index (χ4v) is 2.21. The Bertz CT molecular complexity index is 860. The molecule has 0 aliphatic heterocycles. The molecule has 0 unspecified atom stereocenters. The molecule has 6 N–H and O–H groups in total. The number of phenols is 3. The monoisotopic (exact) mass is 480 g/mol. The van der Waals surface area contributed by atoms with Gasteiger partial charge in [-0.1, -0.05) is 36.4 Å². The van der Waals surface area contributed by atoms with Crippen molar-refractivity contribution in [2.24, 2.45) is 0 Å². The number of rotatable bonds is 0. The molecule has 8 heteroatoms. The summed E-state index contributed by atoms with van der Waals surface area (Å²) in [5, 5.41) is 27.3. The van der Waals surface area contributed by atoms with Gasteiger partial charge >= 0.3 is 6.72 Å². The van der Waals surface area contributed by atoms with Gasteiger partial charge in [-0.2, -0.15) is 0 Å². The van der Waals surface area contributed by atoms with Crippen molar-refractivity contribution in [2.45, 2.75) is 41.5 Å². The largest absolute Gasteiger partial charge is 0.508 e. The summed E-state index contributed by atoms with van der Waals surface area (Å²) in [5.74, 6) is 1.15. The molecule has 0 radical (unpaired) electrons. The summed E-state index contributed by atoms with van der Waals surface area (Å²) >= 11 is 3.60. The molecule has 0 aromatic heterocycles. The standard InChI is InChI=1S/3C8H10O.H3O3PS/c3*1-6-4-3-5-8(9)7(6)2;1-4(2,3)5/h3*3-5,9H,1-2H3;(H3,1,2,3,5). The lowest BCUT2D eigenvalue weighted by molar-refractivity contribution is 0.363. The molecule has 32 heavy (non-hydrogen) atoms. The molecule has 0 atom stereocenters. The van der Waals surface area contributed by atoms with Gasteiger partial charge in [-0.25, -0.2) is 0 Å². The summed E-state index contributed by atoms with van der Waals surface area (Å²) in [6.45, 7) is 7.86. The van der Waals surface area contributed by atoms with Gasteiger partial charge in [0.1, 0.15) is 17.2 Å². The zero-order valence-corrected chi connectivity index (χ0v) is 20.9. The van der Waals surface area contributed by atoms with Crippen LogP contribution in [0.2, 0.25) is 0 Å². The third kappa shape index (κ3) is 12.4. The van der Waals surface area contributed by atoms with Gasteiger partial charge in [0.05, 0.1) is 0 Å². The van der Waals surface area contributed by atoms with Gasteiger partial charge < -0.3 is 30.0 Å². The second kappa shape index (κ2) is 13.9. The highest BCUT2D eigenvalue weighted by Crippen LogP contribution is 2.26. The van der Waals surface area contributed by atoms with Gasteiger partial charge in [-0.15, -0.1) is 0 Å². The van der Waals surface area contributed by atoms with Crippen molar-refractivity contribution in [3.05, 3.63) is 88.0 Å². The van der Waals surface area contributed by atoms with Crippen LogP contribution in [-0.2, 0) is 11.8 Å². The smallest absolute Gasteiger partial charge is 0.319 e. The van der Waals surface area contributed by atoms with Crippen LogP contribution in [0.3, 0.4) is 0 Å². The second-order valence-corrected chi connectivity index (χ2v) is 9.67. The van der Waals surface area contributed by atoms with Crippen LogP contribution in [-0.4, -0.2) is 30.0 Å². The Labute approximate surface area is 195 Å². The van der Waals surface area contributed by atoms with E-state index in [1.54, 1.807) is 18.2 Å². The maximum Gasteiger partial charge on any atom is 0.319 e. The van der Waals surface area contributed by atoms with Gasteiger partial charge in [0.2, 0.25) is 0 Å². The first-order chi connectivity index (χ1) is 14.6. The predicted molar refractivity (Wildman–Crippen MR) is 134 cm³/mol. The Balaban J connectivity index is 0.000000410. The number of aryl methyl sites for hydroxylation is 3. The zero-order chi connectivity index (χ0) is 25.1. The Morgan fingerprint density at radius 1 is 0.500 bits per heavy atom. The number of hydrogen-bond acceptors (Lipinski definition) is 4. The van der Waals surface area contributed by atoms with Gasteiger partial charge in [0.15, 0.2) is 0 Å². The van der Waals surface area contributed by atoms with E-state index in [1.807, 2.05) is 77.9 Å². The predicted octanol–water partition coefficient (Wildman–Crippen LogP) is 5.21. The molecule has 3 rings (SSSR count). The molecule has 176 valence electrons. The average molecular weight is 481 g/mol. The summed E-state index contributed by atoms with van der Waals surface area (Å²) in [6.07, 6.45) is 0. The summed E-state index contributed by atoms with van der Waals surface area (Å²) in [5.41, 5.74) is 6.31. The Kier molecular flexibility index (Phi) is 12.8. The minimum absolute atomic E-state index is 0.384. The van der Waals surface area contributed by atoms with E-state index in [4.69, 9.17) is 30.0 Å². The lowest BCUT2D eigenvalue weighted by atomic mass is 10.1. The van der Waals surface area contributed by atoms with Crippen LogP contribution < -0.4 is 0 Å². The van der Waals surface area contributed by atoms with E-state index in [9.17, 15) is 0 Å². The van der Waals surface area contributed by atoms with Gasteiger partial charge in [0.25, 0.3) is 0 Å². The fraction of sp³-hybridized carbons (Fsp3) is 0.250. The minimum atomic E-state index is -3.81. The van der Waals surface area contributed by atoms with Crippen LogP contribution in [0.5, 0.6) is 17.2 Å². The summed E-state index contributed by atoms with van der Waals surface area (Å²) in [6, 6.07) is 16.6. The molecule has 0 spiro atoms. The maximum atomic E-state index is 9.10. The van der Waals surface area contributed by atoms with E-state index in [0.29, 0.717) is 17.2 Å². The Morgan fingerprint density at radius 2 is 0.688 bits per heavy atom. The minimum Gasteiger partial charge on any atom is -0.508 e. The molecule has 0 saturated carbocycles. The van der Waals surface area contributed by atoms with Crippen molar-refractivity contribution >= 4 is 18.5 Å². The van der Waals surface area contributed by atoms with Crippen molar-refractivity contribution in [1.82, 2.24) is 0 Å². The molecule has 0 amide bonds. The molecule has 0 bridgehead atoms. The average Bonchev–Trinajstić information content (AvgIpc) is 2.68. The second-order valence-electron chi connectivity index (χ2n) is 7.17. The van der Waals surface area contributed by atoms with Crippen molar-refractivity contribution in [2.75, 3.05) is 0 Å². The lowest BCUT2D eigenvalue weighted by Gasteiger charge is -1.99. The Hall–Kier alpha value is -2.41. The number of benzene rings is 3. The molecule has 0 aliphatic carbocycles. The quantitative estimate of drug-likeness (QED) is 0.244. The molecule has 0 heterocycles. The maximum absolute atomic E-state index is 9.10. The first-order valence-corrected chi connectivity index (χ1v) is 12.3. The zero-order valence-electron chi connectivity index (χ0n) is 19.2. The molecule has 6 nitrogen and oxygen atoms in total. The van der Waals surface area contributed by atoms with Crippen LogP contribution in [0.25, 0.3) is 0 Å². The van der Waals surface area contributed by atoms with Gasteiger partial charge in [-0.3, -0.25) is 0 Å². The van der Waals surface area contributed by atoms with E-state index in [2.05, 4.69) is 11.8 Å². The SMILES string of the molecule is Cc1cccc(O)c1C.Cc1cccc(O)c1C.Cc1cccc(O)c1C.OP(O)(O)=S. The van der Waals surface area contributed by atoms with Crippen LogP contribution in [0, 0.1) is 41.5 Å². The molecular formula is C24H33O6PS. The summed E-state index contributed by atoms with van der Waals surface area (Å²) < 4.78 is 0. The van der Waals surface area contributed by atoms with Crippen LogP contribution in [0.1, 0.15) is 33.4 Å². The highest BCUT2D eigenvalue weighted by Gasteiger charge is 1.96. The molecule has 0 aliphatic rings. The number of hydrogen-bond donors (Lipinski definition) is 6. The molecule has 3 aromatic rings. The highest BCUT2D eigenvalue weighted by molar-refractivity contribution is 8.06. The normalized spacial score (nSPS) is 9.91. The van der Waals surface area contributed by atoms with Crippen LogP contribution in [0.4, 0.5) is 0 Å². The third-order valence-electron chi connectivity index (χ3n) is 4.73. The molecule has 0 saturated heterocycles. The lowest BCUT2D eigenvalue weighted by Crippen LogP contribution is -1.78. The highest BCUT2D eigenvalue weighted by atomic mass is 32.5. The first kappa shape index (κ1) is 29.6. The molecule has 3 aromatic carbocycles. The van der Waals surface area contributed by atoms with Crippen molar-refractivity contribution < 1.29 is 30.0 Å². The number of aromatic hydroxyl groups is 3. The molecule has 0 fully saturated rings. The topological polar surface area (TPSA) is 121 Å². The van der Waals surface area contributed by atoms with Crippen LogP contribution in [0.15, 0.2) is 54.6 Å². The summed E-state index contributed by atoms with van der Waals surface area (Å²) in [7, 11) is 0. The van der Waals surface area contributed by atoms with Crippen molar-refractivity contribution in [1.29, 1.82) is 0 Å². The summed E-state index contributed by atoms with van der Waals surface area (Å²) in [4.78, 5) is 22.7. The van der Waals surface area contributed by atoms with Gasteiger partial charge in [0, 0.05) is 0 Å². The first-order valence-electron chi connectivity index (χ1n) is 9.69. The van der Waals surface area contributed by atoms with E-state index in [1.165, 1.54) is 0 Å². The molecular weight excluding hydrogens is 447 g/mol. The van der Waals surface area contributed by atoms with E-state index >= 15 is 0 Å². The van der Waals surface area contributed by atoms with Crippen molar-refractivity contribution in [3.63, 3.8) is 0 Å². The third-order valence-corrected chi connectivity index (χ3v) is 4.73. The van der Waals surface area contributed by atoms with E-state index in [-0.39, 0.29) is 0 Å². The Morgan fingerprint density at radius 3 is 0.812 bits per heavy atom. The van der Waals surface area contributed by atoms with E-state index in [0.717, 1.165) is 33.4 Å². The fourth-order valence-electron chi connectivity index (χ4n) is 2.21. The van der Waals surface area contributed by atoms with Gasteiger partial charge in [-0.05, 0) is 105 Å². The van der Waals surface area contributed by atoms with E-state index < -0.39 is 6.72 Å². The van der Waals surface area contributed by atoms with Crippen molar-refractivity contribution in [3.8, 4) is 17.2 Å². The van der Waals surface area contributed by atoms with Crippen LogP contribution >= 0.6 is 6.72 Å². The number of phenolic OH excluding ortho intramolecular Hbond substituents is 3.